The molecular weight excluding hydrogens is 310 g/mol. The first-order valence-electron chi connectivity index (χ1n) is 7.26. The zero-order chi connectivity index (χ0) is 15.4. The van der Waals surface area contributed by atoms with Gasteiger partial charge in [-0.05, 0) is 37.6 Å². The largest absolute Gasteiger partial charge is 0.456 e. The number of hydrogen-bond donors (Lipinski definition) is 1. The fraction of sp³-hybridized carbons (Fsp3) is 0.222. The average Bonchev–Trinajstić information content (AvgIpc) is 2.71. The average molecular weight is 329 g/mol. The lowest BCUT2D eigenvalue weighted by Crippen LogP contribution is -2.09. The SMILES string of the molecule is CNCCSC1=Cc2ccc(SC)cc2Oc2ccccc21. The molecule has 0 fully saturated rings. The van der Waals surface area contributed by atoms with Gasteiger partial charge in [0.15, 0.2) is 0 Å². The second-order valence-electron chi connectivity index (χ2n) is 4.96. The van der Waals surface area contributed by atoms with E-state index in [4.69, 9.17) is 4.74 Å². The smallest absolute Gasteiger partial charge is 0.135 e. The Morgan fingerprint density at radius 1 is 1.09 bits per heavy atom. The van der Waals surface area contributed by atoms with Crippen molar-refractivity contribution in [1.82, 2.24) is 5.32 Å². The fourth-order valence-corrected chi connectivity index (χ4v) is 3.82. The van der Waals surface area contributed by atoms with Gasteiger partial charge in [0.1, 0.15) is 11.5 Å². The summed E-state index contributed by atoms with van der Waals surface area (Å²) in [6, 6.07) is 14.7. The molecule has 2 nitrogen and oxygen atoms in total. The minimum Gasteiger partial charge on any atom is -0.456 e. The molecule has 0 bridgehead atoms. The Balaban J connectivity index is 2.03. The van der Waals surface area contributed by atoms with Crippen molar-refractivity contribution < 1.29 is 4.74 Å². The van der Waals surface area contributed by atoms with E-state index in [-0.39, 0.29) is 0 Å². The Hall–Kier alpha value is -1.36. The van der Waals surface area contributed by atoms with E-state index in [1.165, 1.54) is 15.4 Å². The van der Waals surface area contributed by atoms with Crippen LogP contribution in [0.25, 0.3) is 11.0 Å². The summed E-state index contributed by atoms with van der Waals surface area (Å²) in [6.07, 6.45) is 4.33. The van der Waals surface area contributed by atoms with Crippen molar-refractivity contribution in [1.29, 1.82) is 0 Å². The van der Waals surface area contributed by atoms with Crippen LogP contribution in [-0.4, -0.2) is 25.6 Å². The maximum Gasteiger partial charge on any atom is 0.135 e. The van der Waals surface area contributed by atoms with Gasteiger partial charge in [0.25, 0.3) is 0 Å². The van der Waals surface area contributed by atoms with Gasteiger partial charge in [-0.2, -0.15) is 0 Å². The van der Waals surface area contributed by atoms with Crippen LogP contribution in [0, 0.1) is 0 Å². The summed E-state index contributed by atoms with van der Waals surface area (Å²) in [6.45, 7) is 0.989. The molecule has 4 heteroatoms. The van der Waals surface area contributed by atoms with Crippen LogP contribution in [0.5, 0.6) is 11.5 Å². The zero-order valence-corrected chi connectivity index (χ0v) is 14.4. The maximum atomic E-state index is 6.19. The van der Waals surface area contributed by atoms with Gasteiger partial charge in [0.05, 0.1) is 0 Å². The normalized spacial score (nSPS) is 12.7. The molecule has 114 valence electrons. The van der Waals surface area contributed by atoms with Gasteiger partial charge in [-0.15, -0.1) is 23.5 Å². The molecule has 1 aliphatic rings. The molecule has 0 saturated carbocycles. The number of fused-ring (bicyclic) bond motifs is 2. The third kappa shape index (κ3) is 3.35. The lowest BCUT2D eigenvalue weighted by Gasteiger charge is -2.11. The van der Waals surface area contributed by atoms with Gasteiger partial charge < -0.3 is 10.1 Å². The molecule has 3 rings (SSSR count). The number of benzene rings is 2. The van der Waals surface area contributed by atoms with E-state index >= 15 is 0 Å². The van der Waals surface area contributed by atoms with E-state index in [1.54, 1.807) is 11.8 Å². The summed E-state index contributed by atoms with van der Waals surface area (Å²) in [5.74, 6) is 2.90. The Bertz CT molecular complexity index is 697. The van der Waals surface area contributed by atoms with Crippen molar-refractivity contribution in [2.24, 2.45) is 0 Å². The predicted molar refractivity (Wildman–Crippen MR) is 99.0 cm³/mol. The fourth-order valence-electron chi connectivity index (χ4n) is 2.33. The maximum absolute atomic E-state index is 6.19. The van der Waals surface area contributed by atoms with Gasteiger partial charge >= 0.3 is 0 Å². The Labute approximate surface area is 140 Å². The van der Waals surface area contributed by atoms with Crippen molar-refractivity contribution in [3.63, 3.8) is 0 Å². The van der Waals surface area contributed by atoms with Crippen LogP contribution >= 0.6 is 23.5 Å². The van der Waals surface area contributed by atoms with Gasteiger partial charge in [0, 0.05) is 33.2 Å². The van der Waals surface area contributed by atoms with E-state index < -0.39 is 0 Å². The third-order valence-corrected chi connectivity index (χ3v) is 5.27. The van der Waals surface area contributed by atoms with Gasteiger partial charge in [-0.25, -0.2) is 0 Å². The summed E-state index contributed by atoms with van der Waals surface area (Å²) >= 11 is 3.60. The summed E-state index contributed by atoms with van der Waals surface area (Å²) in [5, 5.41) is 3.20. The molecule has 1 heterocycles. The molecule has 0 aliphatic carbocycles. The van der Waals surface area contributed by atoms with Gasteiger partial charge in [0.2, 0.25) is 0 Å². The number of rotatable bonds is 5. The highest BCUT2D eigenvalue weighted by atomic mass is 32.2. The summed E-state index contributed by atoms with van der Waals surface area (Å²) < 4.78 is 6.19. The molecule has 0 atom stereocenters. The molecule has 0 unspecified atom stereocenters. The van der Waals surface area contributed by atoms with Crippen molar-refractivity contribution in [2.75, 3.05) is 25.6 Å². The van der Waals surface area contributed by atoms with Crippen molar-refractivity contribution >= 4 is 34.5 Å². The summed E-state index contributed by atoms with van der Waals surface area (Å²) in [4.78, 5) is 2.48. The molecule has 22 heavy (non-hydrogen) atoms. The van der Waals surface area contributed by atoms with Crippen molar-refractivity contribution in [3.8, 4) is 11.5 Å². The van der Waals surface area contributed by atoms with Crippen LogP contribution in [0.1, 0.15) is 11.1 Å². The second-order valence-corrected chi connectivity index (χ2v) is 6.98. The van der Waals surface area contributed by atoms with Gasteiger partial charge in [-0.3, -0.25) is 0 Å². The minimum atomic E-state index is 0.933. The third-order valence-electron chi connectivity index (χ3n) is 3.49. The molecule has 0 aromatic heterocycles. The van der Waals surface area contributed by atoms with Crippen molar-refractivity contribution in [2.45, 2.75) is 4.90 Å². The highest BCUT2D eigenvalue weighted by Gasteiger charge is 2.16. The number of para-hydroxylation sites is 1. The lowest BCUT2D eigenvalue weighted by atomic mass is 10.1. The topological polar surface area (TPSA) is 21.3 Å². The molecule has 1 aliphatic heterocycles. The minimum absolute atomic E-state index is 0.933. The Kier molecular flexibility index (Phi) is 5.13. The number of hydrogen-bond acceptors (Lipinski definition) is 4. The van der Waals surface area contributed by atoms with E-state index in [9.17, 15) is 0 Å². The highest BCUT2D eigenvalue weighted by Crippen LogP contribution is 2.43. The zero-order valence-electron chi connectivity index (χ0n) is 12.8. The molecule has 2 aromatic carbocycles. The Morgan fingerprint density at radius 3 is 2.77 bits per heavy atom. The Morgan fingerprint density at radius 2 is 1.95 bits per heavy atom. The van der Waals surface area contributed by atoms with Crippen LogP contribution < -0.4 is 10.1 Å². The van der Waals surface area contributed by atoms with Crippen molar-refractivity contribution in [3.05, 3.63) is 53.6 Å². The van der Waals surface area contributed by atoms with E-state index in [2.05, 4.69) is 48.0 Å². The molecule has 0 spiro atoms. The first-order valence-corrected chi connectivity index (χ1v) is 9.47. The monoisotopic (exact) mass is 329 g/mol. The van der Waals surface area contributed by atoms with Crippen LogP contribution in [0.3, 0.4) is 0 Å². The number of ether oxygens (including phenoxy) is 1. The molecule has 0 amide bonds. The van der Waals surface area contributed by atoms with E-state index in [1.807, 2.05) is 30.9 Å². The highest BCUT2D eigenvalue weighted by molar-refractivity contribution is 8.08. The quantitative estimate of drug-likeness (QED) is 0.617. The lowest BCUT2D eigenvalue weighted by molar-refractivity contribution is 0.480. The first kappa shape index (κ1) is 15.5. The van der Waals surface area contributed by atoms with Crippen LogP contribution in [-0.2, 0) is 0 Å². The van der Waals surface area contributed by atoms with Crippen LogP contribution in [0.4, 0.5) is 0 Å². The molecule has 1 N–H and O–H groups in total. The summed E-state index contributed by atoms with van der Waals surface area (Å²) in [7, 11) is 1.98. The number of thioether (sulfide) groups is 2. The van der Waals surface area contributed by atoms with E-state index in [0.717, 1.165) is 29.4 Å². The standard InChI is InChI=1S/C18H19NOS2/c1-19-9-10-22-18-11-13-7-8-14(21-2)12-17(13)20-16-6-4-3-5-15(16)18/h3-8,11-12,19H,9-10H2,1-2H3. The predicted octanol–water partition coefficient (Wildman–Crippen LogP) is 4.96. The first-order chi connectivity index (χ1) is 10.8. The van der Waals surface area contributed by atoms with Crippen LogP contribution in [0.15, 0.2) is 47.4 Å². The van der Waals surface area contributed by atoms with Gasteiger partial charge in [-0.1, -0.05) is 24.3 Å². The number of nitrogens with one attached hydrogen (secondary N) is 1. The van der Waals surface area contributed by atoms with Crippen LogP contribution in [0.2, 0.25) is 0 Å². The molecule has 0 saturated heterocycles. The molecule has 2 aromatic rings. The molecular formula is C18H19NOS2. The summed E-state index contributed by atoms with van der Waals surface area (Å²) in [5.41, 5.74) is 2.31. The molecule has 0 radical (unpaired) electrons. The van der Waals surface area contributed by atoms with E-state index in [0.29, 0.717) is 0 Å². The second kappa shape index (κ2) is 7.27.